The molecule has 0 saturated carbocycles. The number of carbonyl (C=O) groups is 1. The van der Waals surface area contributed by atoms with E-state index in [0.717, 1.165) is 4.47 Å². The Labute approximate surface area is 125 Å². The number of halogens is 2. The van der Waals surface area contributed by atoms with Gasteiger partial charge < -0.3 is 4.74 Å². The minimum Gasteiger partial charge on any atom is -0.465 e. The molecule has 0 aromatic heterocycles. The Balaban J connectivity index is 2.24. The minimum absolute atomic E-state index is 0.336. The van der Waals surface area contributed by atoms with E-state index in [1.54, 1.807) is 42.5 Å². The number of hydrogen-bond acceptors (Lipinski definition) is 2. The molecule has 4 heteroatoms. The third-order valence-corrected chi connectivity index (χ3v) is 3.22. The van der Waals surface area contributed by atoms with Crippen molar-refractivity contribution >= 4 is 33.8 Å². The van der Waals surface area contributed by atoms with Gasteiger partial charge in [-0.15, -0.1) is 0 Å². The van der Waals surface area contributed by atoms with Crippen LogP contribution in [0.3, 0.4) is 0 Å². The van der Waals surface area contributed by atoms with E-state index in [0.29, 0.717) is 16.7 Å². The van der Waals surface area contributed by atoms with Gasteiger partial charge in [0.05, 0.1) is 12.7 Å². The lowest BCUT2D eigenvalue weighted by Crippen LogP contribution is -2.00. The predicted molar refractivity (Wildman–Crippen MR) is 80.9 cm³/mol. The number of carbonyl (C=O) groups excluding carboxylic acids is 1. The predicted octanol–water partition coefficient (Wildman–Crippen LogP) is 4.70. The lowest BCUT2D eigenvalue weighted by Gasteiger charge is -2.01. The smallest absolute Gasteiger partial charge is 0.337 e. The summed E-state index contributed by atoms with van der Waals surface area (Å²) < 4.78 is 19.5. The topological polar surface area (TPSA) is 26.3 Å². The SMILES string of the molecule is COC(=O)c1ccc(/C=C(\F)c2cccc(Br)c2)cc1. The van der Waals surface area contributed by atoms with Gasteiger partial charge >= 0.3 is 5.97 Å². The highest BCUT2D eigenvalue weighted by Gasteiger charge is 2.05. The van der Waals surface area contributed by atoms with Gasteiger partial charge in [-0.2, -0.15) is 0 Å². The zero-order valence-electron chi connectivity index (χ0n) is 10.8. The quantitative estimate of drug-likeness (QED) is 0.600. The van der Waals surface area contributed by atoms with Gasteiger partial charge in [-0.3, -0.25) is 0 Å². The van der Waals surface area contributed by atoms with Crippen molar-refractivity contribution in [2.24, 2.45) is 0 Å². The molecule has 0 aliphatic carbocycles. The molecule has 0 aliphatic rings. The molecule has 0 bridgehead atoms. The molecule has 0 N–H and O–H groups in total. The molecular weight excluding hydrogens is 323 g/mol. The lowest BCUT2D eigenvalue weighted by molar-refractivity contribution is 0.0601. The van der Waals surface area contributed by atoms with Crippen LogP contribution in [-0.2, 0) is 4.74 Å². The van der Waals surface area contributed by atoms with E-state index in [4.69, 9.17) is 0 Å². The van der Waals surface area contributed by atoms with Gasteiger partial charge in [-0.25, -0.2) is 9.18 Å². The number of esters is 1. The Morgan fingerprint density at radius 3 is 2.45 bits per heavy atom. The number of benzene rings is 2. The van der Waals surface area contributed by atoms with Crippen molar-refractivity contribution in [3.63, 3.8) is 0 Å². The van der Waals surface area contributed by atoms with Crippen LogP contribution in [0.25, 0.3) is 11.9 Å². The van der Waals surface area contributed by atoms with Gasteiger partial charge in [0.25, 0.3) is 0 Å². The highest BCUT2D eigenvalue weighted by molar-refractivity contribution is 9.10. The number of methoxy groups -OCH3 is 1. The zero-order chi connectivity index (χ0) is 14.5. The van der Waals surface area contributed by atoms with E-state index >= 15 is 0 Å². The summed E-state index contributed by atoms with van der Waals surface area (Å²) in [6, 6.07) is 13.6. The molecule has 2 nitrogen and oxygen atoms in total. The Morgan fingerprint density at radius 1 is 1.15 bits per heavy atom. The van der Waals surface area contributed by atoms with Gasteiger partial charge in [0.1, 0.15) is 5.83 Å². The van der Waals surface area contributed by atoms with Crippen LogP contribution in [0.5, 0.6) is 0 Å². The van der Waals surface area contributed by atoms with E-state index in [2.05, 4.69) is 20.7 Å². The van der Waals surface area contributed by atoms with Crippen LogP contribution >= 0.6 is 15.9 Å². The molecule has 2 rings (SSSR count). The highest BCUT2D eigenvalue weighted by Crippen LogP contribution is 2.22. The molecule has 20 heavy (non-hydrogen) atoms. The van der Waals surface area contributed by atoms with Gasteiger partial charge in [-0.05, 0) is 35.9 Å². The van der Waals surface area contributed by atoms with E-state index < -0.39 is 5.97 Å². The van der Waals surface area contributed by atoms with Crippen molar-refractivity contribution in [1.82, 2.24) is 0 Å². The average Bonchev–Trinajstić information content (AvgIpc) is 2.47. The molecule has 0 radical (unpaired) electrons. The third-order valence-electron chi connectivity index (χ3n) is 2.73. The van der Waals surface area contributed by atoms with Crippen LogP contribution in [0.1, 0.15) is 21.5 Å². The maximum atomic E-state index is 14.1. The standard InChI is InChI=1S/C16H12BrFO2/c1-20-16(19)12-7-5-11(6-8-12)9-15(18)13-3-2-4-14(17)10-13/h2-10H,1H3/b15-9-. The molecular formula is C16H12BrFO2. The lowest BCUT2D eigenvalue weighted by atomic mass is 10.1. The molecule has 2 aromatic rings. The van der Waals surface area contributed by atoms with Gasteiger partial charge in [0, 0.05) is 10.0 Å². The zero-order valence-corrected chi connectivity index (χ0v) is 12.4. The van der Waals surface area contributed by atoms with Crippen molar-refractivity contribution in [2.45, 2.75) is 0 Å². The van der Waals surface area contributed by atoms with Crippen LogP contribution in [0.4, 0.5) is 4.39 Å². The van der Waals surface area contributed by atoms with Crippen molar-refractivity contribution in [2.75, 3.05) is 7.11 Å². The molecule has 0 amide bonds. The van der Waals surface area contributed by atoms with Crippen LogP contribution in [0, 0.1) is 0 Å². The van der Waals surface area contributed by atoms with E-state index in [1.807, 2.05) is 6.07 Å². The maximum absolute atomic E-state index is 14.1. The Morgan fingerprint density at radius 2 is 1.85 bits per heavy atom. The number of hydrogen-bond donors (Lipinski definition) is 0. The fraction of sp³-hybridized carbons (Fsp3) is 0.0625. The summed E-state index contributed by atoms with van der Waals surface area (Å²) >= 11 is 3.30. The van der Waals surface area contributed by atoms with Crippen molar-refractivity contribution in [1.29, 1.82) is 0 Å². The first-order valence-electron chi connectivity index (χ1n) is 5.91. The molecule has 0 fully saturated rings. The van der Waals surface area contributed by atoms with Crippen LogP contribution in [0.15, 0.2) is 53.0 Å². The summed E-state index contributed by atoms with van der Waals surface area (Å²) in [5.74, 6) is -0.745. The molecule has 0 atom stereocenters. The summed E-state index contributed by atoms with van der Waals surface area (Å²) in [5.41, 5.74) is 1.61. The molecule has 2 aromatic carbocycles. The molecule has 102 valence electrons. The summed E-state index contributed by atoms with van der Waals surface area (Å²) in [4.78, 5) is 11.3. The summed E-state index contributed by atoms with van der Waals surface area (Å²) in [6.07, 6.45) is 1.42. The largest absolute Gasteiger partial charge is 0.465 e. The molecule has 0 aliphatic heterocycles. The van der Waals surface area contributed by atoms with Gasteiger partial charge in [0.15, 0.2) is 0 Å². The first-order chi connectivity index (χ1) is 9.60. The molecule has 0 heterocycles. The van der Waals surface area contributed by atoms with Gasteiger partial charge in [-0.1, -0.05) is 40.2 Å². The average molecular weight is 335 g/mol. The monoisotopic (exact) mass is 334 g/mol. The first-order valence-corrected chi connectivity index (χ1v) is 6.71. The van der Waals surface area contributed by atoms with Gasteiger partial charge in [0.2, 0.25) is 0 Å². The molecule has 0 saturated heterocycles. The highest BCUT2D eigenvalue weighted by atomic mass is 79.9. The Kier molecular flexibility index (Phi) is 4.69. The Hall–Kier alpha value is -1.94. The van der Waals surface area contributed by atoms with Crippen molar-refractivity contribution in [3.8, 4) is 0 Å². The third kappa shape index (κ3) is 3.54. The number of rotatable bonds is 3. The fourth-order valence-electron chi connectivity index (χ4n) is 1.70. The summed E-state index contributed by atoms with van der Waals surface area (Å²) in [6.45, 7) is 0. The van der Waals surface area contributed by atoms with E-state index in [9.17, 15) is 9.18 Å². The summed E-state index contributed by atoms with van der Waals surface area (Å²) in [5, 5.41) is 0. The first kappa shape index (κ1) is 14.5. The van der Waals surface area contributed by atoms with Crippen LogP contribution in [0.2, 0.25) is 0 Å². The maximum Gasteiger partial charge on any atom is 0.337 e. The van der Waals surface area contributed by atoms with Crippen LogP contribution < -0.4 is 0 Å². The second-order valence-electron chi connectivity index (χ2n) is 4.12. The summed E-state index contributed by atoms with van der Waals surface area (Å²) in [7, 11) is 1.32. The second kappa shape index (κ2) is 6.48. The molecule has 0 unspecified atom stereocenters. The normalized spacial score (nSPS) is 11.2. The number of ether oxygens (including phenoxy) is 1. The van der Waals surface area contributed by atoms with Crippen molar-refractivity contribution in [3.05, 3.63) is 69.7 Å². The second-order valence-corrected chi connectivity index (χ2v) is 5.03. The van der Waals surface area contributed by atoms with E-state index in [-0.39, 0.29) is 5.83 Å². The fourth-order valence-corrected chi connectivity index (χ4v) is 2.10. The van der Waals surface area contributed by atoms with Crippen molar-refractivity contribution < 1.29 is 13.9 Å². The molecule has 0 spiro atoms. The van der Waals surface area contributed by atoms with Crippen LogP contribution in [-0.4, -0.2) is 13.1 Å². The Bertz CT molecular complexity index is 648. The van der Waals surface area contributed by atoms with E-state index in [1.165, 1.54) is 13.2 Å². The minimum atomic E-state index is -0.409.